The molecular formula is C16H17FN2O3S. The van der Waals surface area contributed by atoms with E-state index in [2.05, 4.69) is 0 Å². The van der Waals surface area contributed by atoms with Crippen LogP contribution >= 0.6 is 11.8 Å². The molecule has 0 unspecified atom stereocenters. The van der Waals surface area contributed by atoms with Gasteiger partial charge in [-0.25, -0.2) is 4.39 Å². The van der Waals surface area contributed by atoms with E-state index in [1.54, 1.807) is 11.9 Å². The summed E-state index contributed by atoms with van der Waals surface area (Å²) in [7, 11) is 1.72. The minimum absolute atomic E-state index is 0.0759. The van der Waals surface area contributed by atoms with Gasteiger partial charge in [-0.3, -0.25) is 9.59 Å². The highest BCUT2D eigenvalue weighted by molar-refractivity contribution is 7.99. The lowest BCUT2D eigenvalue weighted by Gasteiger charge is -2.26. The summed E-state index contributed by atoms with van der Waals surface area (Å²) in [6, 6.07) is 5.14. The number of likely N-dealkylation sites (N-methyl/N-ethyl adjacent to an activating group) is 1. The van der Waals surface area contributed by atoms with Crippen LogP contribution in [-0.2, 0) is 4.79 Å². The summed E-state index contributed by atoms with van der Waals surface area (Å²) in [5, 5.41) is 0.536. The standard InChI is InChI=1S/C16H17FN2O3S/c1-3-18(2)15(20)12-8-23-9-19(12)16(21)14-7-10-6-11(17)4-5-13(10)22-14/h4-7,12H,3,8-9H2,1-2H3/t12-/m0/s1. The molecule has 1 aromatic heterocycles. The number of halogens is 1. The van der Waals surface area contributed by atoms with E-state index in [9.17, 15) is 14.0 Å². The Morgan fingerprint density at radius 1 is 1.43 bits per heavy atom. The fourth-order valence-corrected chi connectivity index (χ4v) is 3.66. The number of nitrogens with zero attached hydrogens (tertiary/aromatic N) is 2. The maximum atomic E-state index is 13.3. The van der Waals surface area contributed by atoms with Crippen molar-refractivity contribution >= 4 is 34.5 Å². The monoisotopic (exact) mass is 336 g/mol. The van der Waals surface area contributed by atoms with E-state index in [0.29, 0.717) is 29.1 Å². The number of carbonyl (C=O) groups excluding carboxylic acids is 2. The number of thioether (sulfide) groups is 1. The summed E-state index contributed by atoms with van der Waals surface area (Å²) in [4.78, 5) is 28.2. The van der Waals surface area contributed by atoms with E-state index in [0.717, 1.165) is 0 Å². The highest BCUT2D eigenvalue weighted by Crippen LogP contribution is 2.27. The Labute approximate surface area is 137 Å². The number of benzene rings is 1. The molecule has 2 amide bonds. The largest absolute Gasteiger partial charge is 0.451 e. The molecule has 0 bridgehead atoms. The van der Waals surface area contributed by atoms with Crippen molar-refractivity contribution in [2.45, 2.75) is 13.0 Å². The van der Waals surface area contributed by atoms with Gasteiger partial charge in [-0.1, -0.05) is 0 Å². The maximum absolute atomic E-state index is 13.3. The lowest BCUT2D eigenvalue weighted by molar-refractivity contribution is -0.133. The van der Waals surface area contributed by atoms with Crippen molar-refractivity contribution in [2.75, 3.05) is 25.2 Å². The SMILES string of the molecule is CCN(C)C(=O)[C@@H]1CSCN1C(=O)c1cc2cc(F)ccc2o1. The Balaban J connectivity index is 1.87. The van der Waals surface area contributed by atoms with Gasteiger partial charge in [-0.2, -0.15) is 0 Å². The molecule has 23 heavy (non-hydrogen) atoms. The third kappa shape index (κ3) is 2.93. The number of amides is 2. The first kappa shape index (κ1) is 15.9. The molecule has 1 aromatic carbocycles. The molecular weight excluding hydrogens is 319 g/mol. The molecule has 0 N–H and O–H groups in total. The van der Waals surface area contributed by atoms with Crippen LogP contribution < -0.4 is 0 Å². The number of fused-ring (bicyclic) bond motifs is 1. The smallest absolute Gasteiger partial charge is 0.291 e. The topological polar surface area (TPSA) is 53.8 Å². The molecule has 1 aliphatic heterocycles. The zero-order valence-electron chi connectivity index (χ0n) is 12.9. The Hall–Kier alpha value is -2.02. The third-order valence-electron chi connectivity index (χ3n) is 3.97. The zero-order chi connectivity index (χ0) is 16.6. The molecule has 0 spiro atoms. The van der Waals surface area contributed by atoms with Crippen molar-refractivity contribution in [1.82, 2.24) is 9.80 Å². The van der Waals surface area contributed by atoms with Crippen LogP contribution in [0.1, 0.15) is 17.5 Å². The van der Waals surface area contributed by atoms with Gasteiger partial charge in [0.25, 0.3) is 5.91 Å². The van der Waals surface area contributed by atoms with Crippen LogP contribution in [0.3, 0.4) is 0 Å². The Morgan fingerprint density at radius 2 is 2.22 bits per heavy atom. The van der Waals surface area contributed by atoms with E-state index >= 15 is 0 Å². The number of hydrogen-bond donors (Lipinski definition) is 0. The van der Waals surface area contributed by atoms with E-state index < -0.39 is 6.04 Å². The fourth-order valence-electron chi connectivity index (χ4n) is 2.52. The summed E-state index contributed by atoms with van der Waals surface area (Å²) in [6.07, 6.45) is 0. The Kier molecular flexibility index (Phi) is 4.30. The van der Waals surface area contributed by atoms with Gasteiger partial charge >= 0.3 is 0 Å². The zero-order valence-corrected chi connectivity index (χ0v) is 13.7. The van der Waals surface area contributed by atoms with Gasteiger partial charge in [-0.15, -0.1) is 11.8 Å². The van der Waals surface area contributed by atoms with Gasteiger partial charge in [0.1, 0.15) is 17.4 Å². The molecule has 3 rings (SSSR count). The molecule has 1 saturated heterocycles. The second-order valence-electron chi connectivity index (χ2n) is 5.44. The first-order valence-electron chi connectivity index (χ1n) is 7.34. The summed E-state index contributed by atoms with van der Waals surface area (Å²) >= 11 is 1.53. The summed E-state index contributed by atoms with van der Waals surface area (Å²) in [5.41, 5.74) is 0.454. The molecule has 7 heteroatoms. The van der Waals surface area contributed by atoms with Crippen LogP contribution in [0.2, 0.25) is 0 Å². The first-order chi connectivity index (χ1) is 11.0. The van der Waals surface area contributed by atoms with E-state index in [1.165, 1.54) is 40.9 Å². The predicted molar refractivity (Wildman–Crippen MR) is 86.8 cm³/mol. The van der Waals surface area contributed by atoms with Crippen LogP contribution in [-0.4, -0.2) is 52.9 Å². The van der Waals surface area contributed by atoms with Crippen LogP contribution in [0.25, 0.3) is 11.0 Å². The molecule has 0 saturated carbocycles. The maximum Gasteiger partial charge on any atom is 0.291 e. The van der Waals surface area contributed by atoms with E-state index in [-0.39, 0.29) is 23.4 Å². The molecule has 1 atom stereocenters. The number of rotatable bonds is 3. The molecule has 2 heterocycles. The fraction of sp³-hybridized carbons (Fsp3) is 0.375. The lowest BCUT2D eigenvalue weighted by Crippen LogP contribution is -2.47. The summed E-state index contributed by atoms with van der Waals surface area (Å²) < 4.78 is 18.8. The number of hydrogen-bond acceptors (Lipinski definition) is 4. The summed E-state index contributed by atoms with van der Waals surface area (Å²) in [6.45, 7) is 2.48. The molecule has 0 aliphatic carbocycles. The third-order valence-corrected chi connectivity index (χ3v) is 4.98. The highest BCUT2D eigenvalue weighted by Gasteiger charge is 2.37. The van der Waals surface area contributed by atoms with Gasteiger partial charge in [0.15, 0.2) is 5.76 Å². The molecule has 5 nitrogen and oxygen atoms in total. The van der Waals surface area contributed by atoms with Gasteiger partial charge in [0, 0.05) is 24.7 Å². The highest BCUT2D eigenvalue weighted by atomic mass is 32.2. The van der Waals surface area contributed by atoms with Crippen LogP contribution in [0.4, 0.5) is 4.39 Å². The minimum Gasteiger partial charge on any atom is -0.451 e. The van der Waals surface area contributed by atoms with Crippen molar-refractivity contribution in [2.24, 2.45) is 0 Å². The van der Waals surface area contributed by atoms with Gasteiger partial charge in [0.2, 0.25) is 5.91 Å². The molecule has 0 radical (unpaired) electrons. The lowest BCUT2D eigenvalue weighted by atomic mass is 10.2. The van der Waals surface area contributed by atoms with Crippen molar-refractivity contribution in [1.29, 1.82) is 0 Å². The number of furan rings is 1. The van der Waals surface area contributed by atoms with E-state index in [4.69, 9.17) is 4.42 Å². The number of carbonyl (C=O) groups is 2. The second-order valence-corrected chi connectivity index (χ2v) is 6.44. The van der Waals surface area contributed by atoms with Gasteiger partial charge in [0.05, 0.1) is 5.88 Å². The molecule has 122 valence electrons. The summed E-state index contributed by atoms with van der Waals surface area (Å²) in [5.74, 6) is 0.348. The molecule has 2 aromatic rings. The van der Waals surface area contributed by atoms with Crippen molar-refractivity contribution < 1.29 is 18.4 Å². The van der Waals surface area contributed by atoms with Gasteiger partial charge in [-0.05, 0) is 31.2 Å². The average molecular weight is 336 g/mol. The van der Waals surface area contributed by atoms with Crippen LogP contribution in [0.15, 0.2) is 28.7 Å². The normalized spacial score (nSPS) is 17.7. The Bertz CT molecular complexity index is 761. The van der Waals surface area contributed by atoms with E-state index in [1.807, 2.05) is 6.92 Å². The average Bonchev–Trinajstić information content (AvgIpc) is 3.18. The first-order valence-corrected chi connectivity index (χ1v) is 8.49. The van der Waals surface area contributed by atoms with Crippen molar-refractivity contribution in [3.8, 4) is 0 Å². The molecule has 1 fully saturated rings. The minimum atomic E-state index is -0.484. The predicted octanol–water partition coefficient (Wildman–Crippen LogP) is 2.57. The van der Waals surface area contributed by atoms with Crippen LogP contribution in [0, 0.1) is 5.82 Å². The van der Waals surface area contributed by atoms with Crippen LogP contribution in [0.5, 0.6) is 0 Å². The second kappa shape index (κ2) is 6.23. The quantitative estimate of drug-likeness (QED) is 0.864. The van der Waals surface area contributed by atoms with Crippen molar-refractivity contribution in [3.63, 3.8) is 0 Å². The van der Waals surface area contributed by atoms with Crippen molar-refractivity contribution in [3.05, 3.63) is 35.8 Å². The Morgan fingerprint density at radius 3 is 2.96 bits per heavy atom. The van der Waals surface area contributed by atoms with Gasteiger partial charge < -0.3 is 14.2 Å². The molecule has 1 aliphatic rings.